The van der Waals surface area contributed by atoms with Crippen molar-refractivity contribution in [3.05, 3.63) is 65.7 Å². The number of nitrogens with zero attached hydrogens (tertiary/aromatic N) is 1. The van der Waals surface area contributed by atoms with Crippen LogP contribution in [-0.2, 0) is 56.0 Å². The van der Waals surface area contributed by atoms with Crippen molar-refractivity contribution in [3.63, 3.8) is 0 Å². The number of hydrogen-bond acceptors (Lipinski definition) is 15. The molecule has 23 heteroatoms. The Bertz CT molecular complexity index is 1830. The summed E-state index contributed by atoms with van der Waals surface area (Å²) in [7, 11) is 0. The number of amides is 7. The van der Waals surface area contributed by atoms with Crippen molar-refractivity contribution in [1.82, 2.24) is 31.9 Å². The van der Waals surface area contributed by atoms with E-state index in [0.29, 0.717) is 17.3 Å². The van der Waals surface area contributed by atoms with Gasteiger partial charge in [-0.25, -0.2) is 4.79 Å². The standard InChI is InChI=1S/C38H52N8O15/c1-20(2)12-24(35(56)41-16-28(39)49)46-37(58)26(13-21-6-4-3-5-7-21)44-30(51)18-40-29(50)17-42-36(57)25(14-22-8-10-23(47)11-9-22)45-31(52)19-61-43-15-27(48)32(53)33(54)34(55)38(59)60/h3-11,15,20,24-27,32-34,47-48,53-55H,12-14,16-19H2,1-2H3,(H2,39,49)(H,40,50)(H,41,56)(H,42,57)(H,44,51)(H,45,52)(H,46,58)(H,59,60)/b43-15+/t24-,25-,26-,27-,32+,33+,34-/m0/s1. The van der Waals surface area contributed by atoms with Crippen LogP contribution in [0.4, 0.5) is 0 Å². The number of primary amides is 1. The highest BCUT2D eigenvalue weighted by Crippen LogP contribution is 2.12. The van der Waals surface area contributed by atoms with Gasteiger partial charge in [0, 0.05) is 12.8 Å². The van der Waals surface area contributed by atoms with E-state index in [1.165, 1.54) is 24.3 Å². The second-order valence-electron chi connectivity index (χ2n) is 14.0. The Labute approximate surface area is 349 Å². The number of aliphatic hydroxyl groups excluding tert-OH is 4. The van der Waals surface area contributed by atoms with Gasteiger partial charge < -0.3 is 73.1 Å². The number of carbonyl (C=O) groups excluding carboxylic acids is 7. The molecule has 7 amide bonds. The van der Waals surface area contributed by atoms with Crippen LogP contribution in [0.2, 0.25) is 0 Å². The first-order valence-corrected chi connectivity index (χ1v) is 18.7. The SMILES string of the molecule is CC(C)C[C@H](NC(=O)[C@H](Cc1ccccc1)NC(=O)CNC(=O)CNC(=O)[C@H](Cc1ccc(O)cc1)NC(=O)CO/N=C/[C@H](O)[C@@H](O)[C@@H](O)[C@H](O)C(=O)O)C(=O)NCC(N)=O. The summed E-state index contributed by atoms with van der Waals surface area (Å²) >= 11 is 0. The maximum absolute atomic E-state index is 13.5. The van der Waals surface area contributed by atoms with Crippen LogP contribution >= 0.6 is 0 Å². The van der Waals surface area contributed by atoms with Crippen LogP contribution in [0, 0.1) is 5.92 Å². The maximum Gasteiger partial charge on any atom is 0.335 e. The number of phenolic OH excluding ortho intramolecular Hbond substituents is 1. The largest absolute Gasteiger partial charge is 0.508 e. The molecule has 334 valence electrons. The predicted molar refractivity (Wildman–Crippen MR) is 212 cm³/mol. The summed E-state index contributed by atoms with van der Waals surface area (Å²) in [5, 5.41) is 74.7. The maximum atomic E-state index is 13.5. The number of hydrogen-bond donors (Lipinski definition) is 13. The molecule has 0 fully saturated rings. The van der Waals surface area contributed by atoms with Crippen molar-refractivity contribution in [2.75, 3.05) is 26.2 Å². The van der Waals surface area contributed by atoms with Crippen LogP contribution in [-0.4, -0.2) is 153 Å². The molecule has 0 aliphatic carbocycles. The molecule has 0 saturated heterocycles. The molecule has 0 spiro atoms. The third-order valence-electron chi connectivity index (χ3n) is 8.37. The first-order valence-electron chi connectivity index (χ1n) is 18.7. The van der Waals surface area contributed by atoms with Crippen molar-refractivity contribution in [3.8, 4) is 5.75 Å². The van der Waals surface area contributed by atoms with Crippen molar-refractivity contribution >= 4 is 53.5 Å². The molecule has 0 radical (unpaired) electrons. The molecule has 14 N–H and O–H groups in total. The lowest BCUT2D eigenvalue weighted by Crippen LogP contribution is -2.56. The van der Waals surface area contributed by atoms with E-state index in [-0.39, 0.29) is 30.9 Å². The predicted octanol–water partition coefficient (Wildman–Crippen LogP) is -4.96. The molecule has 2 rings (SSSR count). The summed E-state index contributed by atoms with van der Waals surface area (Å²) in [6.45, 7) is 1.00. The number of aliphatic hydroxyl groups is 4. The second-order valence-corrected chi connectivity index (χ2v) is 14.0. The van der Waals surface area contributed by atoms with Crippen molar-refractivity contribution in [2.24, 2.45) is 16.8 Å². The van der Waals surface area contributed by atoms with Crippen LogP contribution in [0.15, 0.2) is 59.8 Å². The van der Waals surface area contributed by atoms with Gasteiger partial charge in [0.25, 0.3) is 5.91 Å². The van der Waals surface area contributed by atoms with Gasteiger partial charge in [0.15, 0.2) is 12.7 Å². The number of nitrogens with one attached hydrogen (secondary N) is 6. The third-order valence-corrected chi connectivity index (χ3v) is 8.37. The van der Waals surface area contributed by atoms with Crippen LogP contribution in [0.5, 0.6) is 5.75 Å². The van der Waals surface area contributed by atoms with Gasteiger partial charge in [-0.2, -0.15) is 0 Å². The average molecular weight is 861 g/mol. The number of aromatic hydroxyl groups is 1. The molecule has 0 aliphatic heterocycles. The Morgan fingerprint density at radius 2 is 1.21 bits per heavy atom. The zero-order chi connectivity index (χ0) is 45.6. The van der Waals surface area contributed by atoms with E-state index < -0.39 is 116 Å². The van der Waals surface area contributed by atoms with Gasteiger partial charge in [-0.05, 0) is 35.6 Å². The summed E-state index contributed by atoms with van der Waals surface area (Å²) < 4.78 is 0. The number of rotatable bonds is 26. The van der Waals surface area contributed by atoms with E-state index in [9.17, 15) is 63.9 Å². The number of benzene rings is 2. The number of oxime groups is 1. The summed E-state index contributed by atoms with van der Waals surface area (Å²) in [5.74, 6) is -7.62. The fourth-order valence-electron chi connectivity index (χ4n) is 5.25. The van der Waals surface area contributed by atoms with Crippen LogP contribution in [0.25, 0.3) is 0 Å². The molecule has 0 saturated carbocycles. The molecule has 0 bridgehead atoms. The van der Waals surface area contributed by atoms with Crippen LogP contribution in [0.3, 0.4) is 0 Å². The quantitative estimate of drug-likeness (QED) is 0.0311. The molecule has 0 aliphatic rings. The Kier molecular flexibility index (Phi) is 21.3. The lowest BCUT2D eigenvalue weighted by Gasteiger charge is -2.24. The molecule has 61 heavy (non-hydrogen) atoms. The zero-order valence-electron chi connectivity index (χ0n) is 33.2. The molecular weight excluding hydrogens is 808 g/mol. The van der Waals surface area contributed by atoms with Gasteiger partial charge in [0.2, 0.25) is 35.4 Å². The fraction of sp³-hybridized carbons (Fsp3) is 0.447. The first kappa shape index (κ1) is 50.5. The number of carbonyl (C=O) groups is 8. The number of nitrogens with two attached hydrogens (primary N) is 1. The summed E-state index contributed by atoms with van der Waals surface area (Å²) in [4.78, 5) is 104. The van der Waals surface area contributed by atoms with Crippen LogP contribution in [0.1, 0.15) is 31.4 Å². The Balaban J connectivity index is 2.03. The Hall–Kier alpha value is -6.69. The molecule has 7 atom stereocenters. The van der Waals surface area contributed by atoms with Crippen molar-refractivity contribution < 1.29 is 73.8 Å². The van der Waals surface area contributed by atoms with E-state index in [4.69, 9.17) is 15.7 Å². The molecule has 23 nitrogen and oxygen atoms in total. The van der Waals surface area contributed by atoms with Gasteiger partial charge in [0.05, 0.1) is 25.8 Å². The molecule has 2 aromatic rings. The first-order chi connectivity index (χ1) is 28.8. The van der Waals surface area contributed by atoms with Crippen molar-refractivity contribution in [2.45, 2.75) is 75.7 Å². The van der Waals surface area contributed by atoms with E-state index in [0.717, 1.165) is 0 Å². The van der Waals surface area contributed by atoms with E-state index in [1.54, 1.807) is 30.3 Å². The second kappa shape index (κ2) is 25.7. The third kappa shape index (κ3) is 19.3. The number of aliphatic carboxylic acids is 1. The van der Waals surface area contributed by atoms with Gasteiger partial charge >= 0.3 is 5.97 Å². The zero-order valence-corrected chi connectivity index (χ0v) is 33.2. The Morgan fingerprint density at radius 3 is 1.80 bits per heavy atom. The molecular formula is C38H52N8O15. The van der Waals surface area contributed by atoms with E-state index in [1.807, 2.05) is 13.8 Å². The number of carboxylic acids is 1. The molecule has 0 unspecified atom stereocenters. The lowest BCUT2D eigenvalue weighted by atomic mass is 10.0. The highest BCUT2D eigenvalue weighted by Gasteiger charge is 2.34. The lowest BCUT2D eigenvalue weighted by molar-refractivity contribution is -0.160. The number of phenols is 1. The van der Waals surface area contributed by atoms with Crippen molar-refractivity contribution in [1.29, 1.82) is 0 Å². The summed E-state index contributed by atoms with van der Waals surface area (Å²) in [5.41, 5.74) is 6.25. The fourth-order valence-corrected chi connectivity index (χ4v) is 5.25. The average Bonchev–Trinajstić information content (AvgIpc) is 3.21. The minimum atomic E-state index is -2.43. The van der Waals surface area contributed by atoms with Crippen LogP contribution < -0.4 is 37.6 Å². The smallest absolute Gasteiger partial charge is 0.335 e. The number of carboxylic acid groups (broad SMARTS) is 1. The summed E-state index contributed by atoms with van der Waals surface area (Å²) in [6, 6.07) is 10.6. The normalized spacial score (nSPS) is 14.5. The van der Waals surface area contributed by atoms with Gasteiger partial charge in [0.1, 0.15) is 42.2 Å². The minimum absolute atomic E-state index is 0.0000701. The molecule has 2 aromatic carbocycles. The van der Waals surface area contributed by atoms with Gasteiger partial charge in [-0.1, -0.05) is 61.5 Å². The van der Waals surface area contributed by atoms with Gasteiger partial charge in [-0.3, -0.25) is 33.6 Å². The topological polar surface area (TPSA) is 378 Å². The Morgan fingerprint density at radius 1 is 0.672 bits per heavy atom. The molecule has 0 heterocycles. The van der Waals surface area contributed by atoms with E-state index >= 15 is 0 Å². The summed E-state index contributed by atoms with van der Waals surface area (Å²) in [6.07, 6.45) is -8.42. The minimum Gasteiger partial charge on any atom is -0.508 e. The molecule has 0 aromatic heterocycles. The van der Waals surface area contributed by atoms with E-state index in [2.05, 4.69) is 37.1 Å². The highest BCUT2D eigenvalue weighted by atomic mass is 16.6. The highest BCUT2D eigenvalue weighted by molar-refractivity contribution is 5.95. The monoisotopic (exact) mass is 860 g/mol. The van der Waals surface area contributed by atoms with Gasteiger partial charge in [-0.15, -0.1) is 0 Å².